The third-order valence-corrected chi connectivity index (χ3v) is 12.4. The van der Waals surface area contributed by atoms with Crippen LogP contribution in [0.3, 0.4) is 0 Å². The molecule has 0 fully saturated rings. The van der Waals surface area contributed by atoms with E-state index in [0.29, 0.717) is 28.6 Å². The zero-order valence-electron chi connectivity index (χ0n) is 30.6. The Kier molecular flexibility index (Phi) is 8.46. The molecule has 10 rings (SSSR count). The molecule has 0 bridgehead atoms. The van der Waals surface area contributed by atoms with E-state index in [0.717, 1.165) is 61.2 Å². The summed E-state index contributed by atoms with van der Waals surface area (Å²) in [6.45, 7) is 0. The van der Waals surface area contributed by atoms with Crippen LogP contribution in [0.1, 0.15) is 0 Å². The normalized spacial score (nSPS) is 12.5. The number of sulfone groups is 1. The predicted molar refractivity (Wildman–Crippen MR) is 229 cm³/mol. The lowest BCUT2D eigenvalue weighted by atomic mass is 9.86. The molecule has 2 heterocycles. The molecule has 0 aliphatic carbocycles. The number of hydrogen-bond donors (Lipinski definition) is 0. The summed E-state index contributed by atoms with van der Waals surface area (Å²) in [4.78, 5) is 15.7. The number of hydrogen-bond acceptors (Lipinski definition) is 5. The predicted octanol–water partition coefficient (Wildman–Crippen LogP) is 12.4. The van der Waals surface area contributed by atoms with E-state index < -0.39 is 9.84 Å². The van der Waals surface area contributed by atoms with Crippen molar-refractivity contribution in [2.75, 3.05) is 0 Å². The van der Waals surface area contributed by atoms with Crippen LogP contribution in [0.4, 0.5) is 0 Å². The molecule has 0 atom stereocenters. The number of benzene rings is 8. The Hall–Kier alpha value is -7.28. The maximum absolute atomic E-state index is 15.0. The fourth-order valence-electron chi connectivity index (χ4n) is 7.83. The lowest BCUT2D eigenvalue weighted by Crippen LogP contribution is -2.06. The van der Waals surface area contributed by atoms with Crippen LogP contribution in [0.5, 0.6) is 0 Å². The molecule has 0 saturated heterocycles. The van der Waals surface area contributed by atoms with Crippen molar-refractivity contribution in [3.05, 3.63) is 200 Å². The highest BCUT2D eigenvalue weighted by Gasteiger charge is 2.29. The van der Waals surface area contributed by atoms with Gasteiger partial charge in [-0.25, -0.2) is 23.4 Å². The van der Waals surface area contributed by atoms with Crippen LogP contribution in [0, 0.1) is 0 Å². The Morgan fingerprint density at radius 1 is 0.263 bits per heavy atom. The Labute approximate surface area is 331 Å². The summed E-state index contributed by atoms with van der Waals surface area (Å²) < 4.78 is 30.0. The van der Waals surface area contributed by atoms with Gasteiger partial charge in [0.15, 0.2) is 17.5 Å². The number of rotatable bonds is 4. The average molecular weight is 752 g/mol. The fourth-order valence-corrected chi connectivity index (χ4v) is 9.52. The SMILES string of the molecule is O=S1(=O)c2ccccc2-c2ccccc2-c2ccccc2-c2ccc(-c3nc(-c4ccccc4)nc(-c4cccc(-c5ccccc5)c4)n3)cc2-c2ccccc21. The minimum absolute atomic E-state index is 0.228. The lowest BCUT2D eigenvalue weighted by Gasteiger charge is -2.18. The molecule has 0 unspecified atom stereocenters. The van der Waals surface area contributed by atoms with Crippen molar-refractivity contribution < 1.29 is 8.42 Å². The molecule has 1 aromatic heterocycles. The number of fused-ring (bicyclic) bond motifs is 9. The molecule has 0 N–H and O–H groups in total. The van der Waals surface area contributed by atoms with Gasteiger partial charge in [0, 0.05) is 27.8 Å². The topological polar surface area (TPSA) is 72.8 Å². The van der Waals surface area contributed by atoms with E-state index in [4.69, 9.17) is 15.0 Å². The highest BCUT2D eigenvalue weighted by molar-refractivity contribution is 7.91. The first-order chi connectivity index (χ1) is 28.0. The Morgan fingerprint density at radius 2 is 0.632 bits per heavy atom. The van der Waals surface area contributed by atoms with Crippen molar-refractivity contribution in [2.45, 2.75) is 9.79 Å². The molecule has 8 aromatic carbocycles. The zero-order chi connectivity index (χ0) is 38.3. The largest absolute Gasteiger partial charge is 0.218 e. The minimum Gasteiger partial charge on any atom is -0.218 e. The fraction of sp³-hybridized carbons (Fsp3) is 0. The van der Waals surface area contributed by atoms with Crippen molar-refractivity contribution in [3.63, 3.8) is 0 Å². The van der Waals surface area contributed by atoms with Gasteiger partial charge in [0.25, 0.3) is 0 Å². The number of nitrogens with zero attached hydrogens (tertiary/aromatic N) is 3. The lowest BCUT2D eigenvalue weighted by molar-refractivity contribution is 0.596. The average Bonchev–Trinajstić information content (AvgIpc) is 3.30. The van der Waals surface area contributed by atoms with Crippen molar-refractivity contribution in [1.29, 1.82) is 0 Å². The van der Waals surface area contributed by atoms with Crippen molar-refractivity contribution in [1.82, 2.24) is 15.0 Å². The molecule has 57 heavy (non-hydrogen) atoms. The minimum atomic E-state index is -4.02. The second-order valence-electron chi connectivity index (χ2n) is 14.0. The van der Waals surface area contributed by atoms with Crippen LogP contribution in [-0.4, -0.2) is 23.4 Å². The molecule has 9 aromatic rings. The molecule has 270 valence electrons. The highest BCUT2D eigenvalue weighted by Crippen LogP contribution is 2.47. The second-order valence-corrected chi connectivity index (χ2v) is 15.9. The third kappa shape index (κ3) is 6.13. The molecule has 6 heteroatoms. The van der Waals surface area contributed by atoms with Gasteiger partial charge in [-0.2, -0.15) is 0 Å². The maximum Gasteiger partial charge on any atom is 0.207 e. The van der Waals surface area contributed by atoms with Crippen molar-refractivity contribution in [3.8, 4) is 89.8 Å². The van der Waals surface area contributed by atoms with Gasteiger partial charge in [-0.15, -0.1) is 0 Å². The van der Waals surface area contributed by atoms with E-state index in [1.165, 1.54) is 0 Å². The van der Waals surface area contributed by atoms with Crippen molar-refractivity contribution >= 4 is 9.84 Å². The van der Waals surface area contributed by atoms with Gasteiger partial charge in [-0.3, -0.25) is 0 Å². The Morgan fingerprint density at radius 3 is 1.19 bits per heavy atom. The maximum atomic E-state index is 15.0. The van der Waals surface area contributed by atoms with Crippen LogP contribution in [-0.2, 0) is 9.84 Å². The van der Waals surface area contributed by atoms with Crippen LogP contribution < -0.4 is 0 Å². The summed E-state index contributed by atoms with van der Waals surface area (Å²) in [5.41, 5.74) is 11.3. The standard InChI is InChI=1S/C51H33N3O2S/c55-57(56)47-28-13-11-26-44(47)42-25-10-9-23-40(42)39-22-7-8-24-41(39)43-31-30-38(33-46(43)45-27-12-14-29-48(45)57)51-53-49(35-18-5-2-6-19-35)52-50(54-51)37-21-15-20-36(32-37)34-16-3-1-4-17-34/h1-33H. The summed E-state index contributed by atoms with van der Waals surface area (Å²) in [7, 11) is -4.02. The summed E-state index contributed by atoms with van der Waals surface area (Å²) in [6.07, 6.45) is 0. The van der Waals surface area contributed by atoms with Crippen LogP contribution in [0.15, 0.2) is 210 Å². The zero-order valence-corrected chi connectivity index (χ0v) is 31.4. The van der Waals surface area contributed by atoms with E-state index in [1.54, 1.807) is 24.3 Å². The van der Waals surface area contributed by atoms with Gasteiger partial charge < -0.3 is 0 Å². The molecule has 0 saturated carbocycles. The molecule has 5 nitrogen and oxygen atoms in total. The first kappa shape index (κ1) is 34.2. The molecule has 0 spiro atoms. The Bertz CT molecular complexity index is 3090. The molecule has 0 amide bonds. The monoisotopic (exact) mass is 751 g/mol. The molecule has 1 aliphatic rings. The van der Waals surface area contributed by atoms with Gasteiger partial charge in [0.2, 0.25) is 9.84 Å². The first-order valence-corrected chi connectivity index (χ1v) is 20.3. The molecule has 0 radical (unpaired) electrons. The van der Waals surface area contributed by atoms with Gasteiger partial charge in [-0.05, 0) is 68.8 Å². The van der Waals surface area contributed by atoms with E-state index in [1.807, 2.05) is 127 Å². The first-order valence-electron chi connectivity index (χ1n) is 18.8. The van der Waals surface area contributed by atoms with E-state index in [-0.39, 0.29) is 9.79 Å². The third-order valence-electron chi connectivity index (χ3n) is 10.5. The molecule has 1 aliphatic heterocycles. The Balaban J connectivity index is 1.24. The van der Waals surface area contributed by atoms with E-state index in [2.05, 4.69) is 48.5 Å². The summed E-state index contributed by atoms with van der Waals surface area (Å²) in [6, 6.07) is 65.4. The molecular formula is C51H33N3O2S. The van der Waals surface area contributed by atoms with Gasteiger partial charge in [0.1, 0.15) is 0 Å². The smallest absolute Gasteiger partial charge is 0.207 e. The molecular weight excluding hydrogens is 719 g/mol. The summed E-state index contributed by atoms with van der Waals surface area (Å²) in [5, 5.41) is 0. The van der Waals surface area contributed by atoms with E-state index in [9.17, 15) is 8.42 Å². The van der Waals surface area contributed by atoms with Crippen LogP contribution in [0.25, 0.3) is 89.8 Å². The van der Waals surface area contributed by atoms with Gasteiger partial charge >= 0.3 is 0 Å². The summed E-state index contributed by atoms with van der Waals surface area (Å²) in [5.74, 6) is 1.55. The van der Waals surface area contributed by atoms with Gasteiger partial charge in [0.05, 0.1) is 9.79 Å². The quantitative estimate of drug-likeness (QED) is 0.179. The highest BCUT2D eigenvalue weighted by atomic mass is 32.2. The number of aromatic nitrogens is 3. The van der Waals surface area contributed by atoms with Crippen LogP contribution in [0.2, 0.25) is 0 Å². The summed E-state index contributed by atoms with van der Waals surface area (Å²) >= 11 is 0. The van der Waals surface area contributed by atoms with Gasteiger partial charge in [-0.1, -0.05) is 176 Å². The second kappa shape index (κ2) is 14.1. The van der Waals surface area contributed by atoms with E-state index >= 15 is 0 Å². The van der Waals surface area contributed by atoms with Crippen molar-refractivity contribution in [2.24, 2.45) is 0 Å². The van der Waals surface area contributed by atoms with Crippen LogP contribution >= 0.6 is 0 Å².